The molecule has 0 aliphatic heterocycles. The maximum atomic E-state index is 13.4. The minimum atomic E-state index is -0.242. The number of unbranched alkanes of at least 4 members (excludes halogenated alkanes) is 2. The number of anilines is 2. The third-order valence-electron chi connectivity index (χ3n) is 6.51. The maximum Gasteiger partial charge on any atom is 0.224 e. The predicted octanol–water partition coefficient (Wildman–Crippen LogP) is 5.48. The standard InChI is InChI=1S/C27H29ClFN7O/c1-17-32-16-36(35-17)23-12-9-20(30)15-24(23)37-14-4-2-3-13-31-26-22-11-10-21(25(22)33-27(28)34-26)18-5-7-19(29)8-6-18/h5-9,12,15-16,21H,2-4,10-11,13-14,30H2,1H3,(H,31,33,34). The summed E-state index contributed by atoms with van der Waals surface area (Å²) < 4.78 is 21.1. The Kier molecular flexibility index (Phi) is 7.50. The number of halogens is 2. The van der Waals surface area contributed by atoms with Gasteiger partial charge < -0.3 is 15.8 Å². The van der Waals surface area contributed by atoms with Crippen molar-refractivity contribution in [3.8, 4) is 11.4 Å². The lowest BCUT2D eigenvalue weighted by atomic mass is 9.97. The average molecular weight is 522 g/mol. The molecule has 0 amide bonds. The summed E-state index contributed by atoms with van der Waals surface area (Å²) in [7, 11) is 0. The Morgan fingerprint density at radius 3 is 2.76 bits per heavy atom. The van der Waals surface area contributed by atoms with Crippen LogP contribution in [0.2, 0.25) is 5.28 Å². The number of rotatable bonds is 10. The molecule has 2 heterocycles. The molecule has 0 bridgehead atoms. The molecule has 8 nitrogen and oxygen atoms in total. The molecule has 1 atom stereocenters. The second kappa shape index (κ2) is 11.1. The van der Waals surface area contributed by atoms with Crippen molar-refractivity contribution < 1.29 is 9.13 Å². The van der Waals surface area contributed by atoms with Gasteiger partial charge in [-0.1, -0.05) is 12.1 Å². The van der Waals surface area contributed by atoms with Crippen LogP contribution < -0.4 is 15.8 Å². The lowest BCUT2D eigenvalue weighted by molar-refractivity contribution is 0.304. The van der Waals surface area contributed by atoms with Gasteiger partial charge in [0.25, 0.3) is 0 Å². The summed E-state index contributed by atoms with van der Waals surface area (Å²) in [6.07, 6.45) is 6.25. The van der Waals surface area contributed by atoms with Crippen molar-refractivity contribution in [3.63, 3.8) is 0 Å². The van der Waals surface area contributed by atoms with E-state index in [0.29, 0.717) is 23.9 Å². The van der Waals surface area contributed by atoms with E-state index in [1.165, 1.54) is 12.1 Å². The van der Waals surface area contributed by atoms with Gasteiger partial charge in [-0.2, -0.15) is 5.10 Å². The van der Waals surface area contributed by atoms with Crippen molar-refractivity contribution >= 4 is 23.1 Å². The Labute approximate surface area is 220 Å². The minimum absolute atomic E-state index is 0.104. The minimum Gasteiger partial charge on any atom is -0.491 e. The fraction of sp³-hybridized carbons (Fsp3) is 0.333. The first kappa shape index (κ1) is 25.0. The molecule has 1 unspecified atom stereocenters. The normalized spacial score (nSPS) is 14.5. The second-order valence-corrected chi connectivity index (χ2v) is 9.49. The summed E-state index contributed by atoms with van der Waals surface area (Å²) in [5.74, 6) is 2.03. The zero-order valence-electron chi connectivity index (χ0n) is 20.6. The zero-order valence-corrected chi connectivity index (χ0v) is 21.4. The van der Waals surface area contributed by atoms with Gasteiger partial charge in [0.15, 0.2) is 0 Å². The van der Waals surface area contributed by atoms with Gasteiger partial charge in [0.2, 0.25) is 5.28 Å². The fourth-order valence-corrected chi connectivity index (χ4v) is 4.86. The number of fused-ring (bicyclic) bond motifs is 1. The number of nitrogens with zero attached hydrogens (tertiary/aromatic N) is 5. The van der Waals surface area contributed by atoms with Gasteiger partial charge in [0.05, 0.1) is 12.3 Å². The van der Waals surface area contributed by atoms with Crippen LogP contribution in [0, 0.1) is 12.7 Å². The van der Waals surface area contributed by atoms with E-state index in [2.05, 4.69) is 25.4 Å². The largest absolute Gasteiger partial charge is 0.491 e. The molecule has 0 saturated heterocycles. The van der Waals surface area contributed by atoms with Crippen molar-refractivity contribution in [3.05, 3.63) is 82.5 Å². The molecule has 5 rings (SSSR count). The third kappa shape index (κ3) is 5.83. The molecule has 1 aliphatic carbocycles. The Hall–Kier alpha value is -3.72. The number of hydrogen-bond acceptors (Lipinski definition) is 7. The van der Waals surface area contributed by atoms with Crippen molar-refractivity contribution in [2.24, 2.45) is 0 Å². The average Bonchev–Trinajstić information content (AvgIpc) is 3.50. The fourth-order valence-electron chi connectivity index (χ4n) is 4.69. The molecule has 37 heavy (non-hydrogen) atoms. The van der Waals surface area contributed by atoms with E-state index in [1.807, 2.05) is 37.3 Å². The number of nitrogen functional groups attached to an aromatic ring is 1. The van der Waals surface area contributed by atoms with Crippen LogP contribution in [0.3, 0.4) is 0 Å². The van der Waals surface area contributed by atoms with Crippen LogP contribution in [0.15, 0.2) is 48.8 Å². The molecule has 0 fully saturated rings. The van der Waals surface area contributed by atoms with Crippen molar-refractivity contribution in [1.82, 2.24) is 24.7 Å². The maximum absolute atomic E-state index is 13.4. The van der Waals surface area contributed by atoms with E-state index in [9.17, 15) is 4.39 Å². The Balaban J connectivity index is 1.12. The molecule has 1 aliphatic rings. The quantitative estimate of drug-likeness (QED) is 0.162. The van der Waals surface area contributed by atoms with Crippen LogP contribution in [-0.4, -0.2) is 37.9 Å². The van der Waals surface area contributed by atoms with E-state index >= 15 is 0 Å². The predicted molar refractivity (Wildman–Crippen MR) is 142 cm³/mol. The van der Waals surface area contributed by atoms with E-state index in [-0.39, 0.29) is 17.0 Å². The molecule has 2 aromatic carbocycles. The zero-order chi connectivity index (χ0) is 25.8. The highest BCUT2D eigenvalue weighted by molar-refractivity contribution is 6.28. The number of benzene rings is 2. The number of nitrogens with two attached hydrogens (primary N) is 1. The first-order valence-corrected chi connectivity index (χ1v) is 12.8. The number of ether oxygens (including phenoxy) is 1. The third-order valence-corrected chi connectivity index (χ3v) is 6.67. The molecule has 4 aromatic rings. The topological polar surface area (TPSA) is 104 Å². The molecule has 192 valence electrons. The van der Waals surface area contributed by atoms with Crippen LogP contribution >= 0.6 is 11.6 Å². The van der Waals surface area contributed by atoms with Gasteiger partial charge in [0.1, 0.15) is 35.2 Å². The molecular weight excluding hydrogens is 493 g/mol. The molecule has 10 heteroatoms. The number of aryl methyl sites for hydroxylation is 1. The second-order valence-electron chi connectivity index (χ2n) is 9.15. The number of hydrogen-bond donors (Lipinski definition) is 2. The van der Waals surface area contributed by atoms with Crippen LogP contribution in [0.1, 0.15) is 54.2 Å². The van der Waals surface area contributed by atoms with E-state index < -0.39 is 0 Å². The summed E-state index contributed by atoms with van der Waals surface area (Å²) in [6.45, 7) is 3.18. The van der Waals surface area contributed by atoms with Gasteiger partial charge in [-0.25, -0.2) is 24.0 Å². The van der Waals surface area contributed by atoms with Gasteiger partial charge in [-0.3, -0.25) is 0 Å². The highest BCUT2D eigenvalue weighted by Gasteiger charge is 2.29. The van der Waals surface area contributed by atoms with Crippen LogP contribution in [0.25, 0.3) is 5.69 Å². The Morgan fingerprint density at radius 2 is 1.97 bits per heavy atom. The Morgan fingerprint density at radius 1 is 1.14 bits per heavy atom. The monoisotopic (exact) mass is 521 g/mol. The highest BCUT2D eigenvalue weighted by atomic mass is 35.5. The molecule has 0 spiro atoms. The summed E-state index contributed by atoms with van der Waals surface area (Å²) in [5, 5.41) is 8.04. The molecule has 0 saturated carbocycles. The van der Waals surface area contributed by atoms with Gasteiger partial charge in [-0.05, 0) is 80.5 Å². The molecule has 2 aromatic heterocycles. The molecule has 3 N–H and O–H groups in total. The molecular formula is C27H29ClFN7O. The van der Waals surface area contributed by atoms with Gasteiger partial charge >= 0.3 is 0 Å². The number of nitrogens with one attached hydrogen (secondary N) is 1. The van der Waals surface area contributed by atoms with Crippen LogP contribution in [0.5, 0.6) is 5.75 Å². The van der Waals surface area contributed by atoms with Crippen molar-refractivity contribution in [1.29, 1.82) is 0 Å². The summed E-state index contributed by atoms with van der Waals surface area (Å²) >= 11 is 6.26. The van der Waals surface area contributed by atoms with Crippen LogP contribution in [0.4, 0.5) is 15.9 Å². The van der Waals surface area contributed by atoms with Gasteiger partial charge in [-0.15, -0.1) is 0 Å². The van der Waals surface area contributed by atoms with Gasteiger partial charge in [0, 0.05) is 29.8 Å². The molecule has 0 radical (unpaired) electrons. The van der Waals surface area contributed by atoms with Crippen molar-refractivity contribution in [2.45, 2.75) is 44.9 Å². The SMILES string of the molecule is Cc1ncn(-c2ccc(N)cc2OCCCCCNc2nc(Cl)nc3c2CCC3c2ccc(F)cc2)n1. The Bertz CT molecular complexity index is 1380. The van der Waals surface area contributed by atoms with Crippen molar-refractivity contribution in [2.75, 3.05) is 24.2 Å². The van der Waals surface area contributed by atoms with E-state index in [0.717, 1.165) is 67.0 Å². The van der Waals surface area contributed by atoms with E-state index in [1.54, 1.807) is 11.0 Å². The highest BCUT2D eigenvalue weighted by Crippen LogP contribution is 2.40. The first-order valence-electron chi connectivity index (χ1n) is 12.4. The summed E-state index contributed by atoms with van der Waals surface area (Å²) in [6, 6.07) is 12.1. The first-order chi connectivity index (χ1) is 18.0. The summed E-state index contributed by atoms with van der Waals surface area (Å²) in [5.41, 5.74) is 10.5. The van der Waals surface area contributed by atoms with Crippen LogP contribution in [-0.2, 0) is 6.42 Å². The smallest absolute Gasteiger partial charge is 0.224 e. The van der Waals surface area contributed by atoms with E-state index in [4.69, 9.17) is 22.1 Å². The summed E-state index contributed by atoms with van der Waals surface area (Å²) in [4.78, 5) is 13.1. The lowest BCUT2D eigenvalue weighted by Crippen LogP contribution is -2.09. The lowest BCUT2D eigenvalue weighted by Gasteiger charge is -2.14. The number of aromatic nitrogens is 5.